The minimum absolute atomic E-state index is 0.0582. The van der Waals surface area contributed by atoms with Crippen molar-refractivity contribution in [1.29, 1.82) is 0 Å². The summed E-state index contributed by atoms with van der Waals surface area (Å²) in [5.74, 6) is -1.50. The fourth-order valence-corrected chi connectivity index (χ4v) is 5.62. The Bertz CT molecular complexity index is 1570. The maximum absolute atomic E-state index is 13.4. The average molecular weight is 534 g/mol. The Morgan fingerprint density at radius 1 is 1.14 bits per heavy atom. The Morgan fingerprint density at radius 3 is 2.57 bits per heavy atom. The van der Waals surface area contributed by atoms with Crippen LogP contribution in [0.3, 0.4) is 0 Å². The molecule has 0 radical (unpaired) electrons. The van der Waals surface area contributed by atoms with Gasteiger partial charge in [0, 0.05) is 18.0 Å². The second-order valence-electron chi connectivity index (χ2n) is 9.73. The summed E-state index contributed by atoms with van der Waals surface area (Å²) in [6.07, 6.45) is 3.17. The molecule has 1 fully saturated rings. The van der Waals surface area contributed by atoms with Gasteiger partial charge in [-0.1, -0.05) is 55.8 Å². The number of benzene rings is 2. The first-order valence-electron chi connectivity index (χ1n) is 11.6. The molecule has 1 unspecified atom stereocenters. The Balaban J connectivity index is 1.69. The molecule has 7 nitrogen and oxygen atoms in total. The monoisotopic (exact) mass is 533 g/mol. The van der Waals surface area contributed by atoms with E-state index >= 15 is 0 Å². The van der Waals surface area contributed by atoms with Crippen molar-refractivity contribution >= 4 is 55.7 Å². The molecule has 4 aromatic rings. The minimum Gasteiger partial charge on any atom is -0.507 e. The SMILES string of the molecule is COc1ccc(/C(O)=C2\C(=O)C(=O)N(c3nc4ccc(C(C)(C)C)cc4s3)C2c2cccnc2)cc1Cl. The highest BCUT2D eigenvalue weighted by atomic mass is 35.5. The van der Waals surface area contributed by atoms with Crippen molar-refractivity contribution in [2.45, 2.75) is 32.2 Å². The molecule has 1 saturated heterocycles. The molecule has 5 rings (SSSR count). The summed E-state index contributed by atoms with van der Waals surface area (Å²) in [5, 5.41) is 11.9. The molecule has 1 aliphatic rings. The summed E-state index contributed by atoms with van der Waals surface area (Å²) in [5.41, 5.74) is 2.60. The highest BCUT2D eigenvalue weighted by Gasteiger charge is 2.48. The van der Waals surface area contributed by atoms with Gasteiger partial charge in [-0.2, -0.15) is 0 Å². The van der Waals surface area contributed by atoms with Crippen LogP contribution in [0.15, 0.2) is 66.5 Å². The highest BCUT2D eigenvalue weighted by Crippen LogP contribution is 2.45. The molecular weight excluding hydrogens is 510 g/mol. The zero-order valence-corrected chi connectivity index (χ0v) is 22.2. The van der Waals surface area contributed by atoms with Gasteiger partial charge in [0.05, 0.1) is 34.0 Å². The number of nitrogens with zero attached hydrogens (tertiary/aromatic N) is 3. The molecule has 3 heterocycles. The summed E-state index contributed by atoms with van der Waals surface area (Å²) in [6, 6.07) is 13.2. The predicted molar refractivity (Wildman–Crippen MR) is 145 cm³/mol. The van der Waals surface area contributed by atoms with Crippen LogP contribution in [0.4, 0.5) is 5.13 Å². The van der Waals surface area contributed by atoms with Gasteiger partial charge in [-0.25, -0.2) is 4.98 Å². The number of methoxy groups -OCH3 is 1. The Labute approximate surface area is 223 Å². The maximum atomic E-state index is 13.4. The maximum Gasteiger partial charge on any atom is 0.301 e. The second kappa shape index (κ2) is 9.28. The summed E-state index contributed by atoms with van der Waals surface area (Å²) in [6.45, 7) is 6.38. The summed E-state index contributed by atoms with van der Waals surface area (Å²) < 4.78 is 6.09. The molecule has 0 bridgehead atoms. The first kappa shape index (κ1) is 24.9. The van der Waals surface area contributed by atoms with Crippen LogP contribution in [0.25, 0.3) is 16.0 Å². The number of aromatic nitrogens is 2. The van der Waals surface area contributed by atoms with Crippen LogP contribution in [0, 0.1) is 0 Å². The second-order valence-corrected chi connectivity index (χ2v) is 11.2. The molecule has 1 N–H and O–H groups in total. The number of fused-ring (bicyclic) bond motifs is 1. The van der Waals surface area contributed by atoms with Gasteiger partial charge < -0.3 is 9.84 Å². The highest BCUT2D eigenvalue weighted by molar-refractivity contribution is 7.22. The van der Waals surface area contributed by atoms with Gasteiger partial charge in [0.25, 0.3) is 5.78 Å². The average Bonchev–Trinajstić information content (AvgIpc) is 3.41. The van der Waals surface area contributed by atoms with E-state index < -0.39 is 17.7 Å². The lowest BCUT2D eigenvalue weighted by Gasteiger charge is -2.22. The first-order chi connectivity index (χ1) is 17.6. The molecule has 0 aliphatic carbocycles. The van der Waals surface area contributed by atoms with Gasteiger partial charge in [0.2, 0.25) is 0 Å². The van der Waals surface area contributed by atoms with Crippen molar-refractivity contribution in [3.05, 3.63) is 88.2 Å². The molecular formula is C28H24ClN3O4S. The molecule has 2 aromatic carbocycles. The largest absolute Gasteiger partial charge is 0.507 e. The predicted octanol–water partition coefficient (Wildman–Crippen LogP) is 6.28. The number of carbonyl (C=O) groups excluding carboxylic acids is 2. The third-order valence-corrected chi connectivity index (χ3v) is 7.63. The quantitative estimate of drug-likeness (QED) is 0.188. The lowest BCUT2D eigenvalue weighted by atomic mass is 9.87. The van der Waals surface area contributed by atoms with Crippen LogP contribution in [0.2, 0.25) is 5.02 Å². The Kier molecular flexibility index (Phi) is 6.25. The first-order valence-corrected chi connectivity index (χ1v) is 12.8. The van der Waals surface area contributed by atoms with Crippen LogP contribution in [-0.2, 0) is 15.0 Å². The fraction of sp³-hybridized carbons (Fsp3) is 0.214. The molecule has 2 aromatic heterocycles. The van der Waals surface area contributed by atoms with Gasteiger partial charge in [0.15, 0.2) is 5.13 Å². The number of pyridine rings is 1. The molecule has 37 heavy (non-hydrogen) atoms. The zero-order valence-electron chi connectivity index (χ0n) is 20.7. The number of ether oxygens (including phenoxy) is 1. The number of halogens is 1. The fourth-order valence-electron chi connectivity index (χ4n) is 4.33. The number of Topliss-reactive ketones (excluding diaryl/α,β-unsaturated/α-hetero) is 1. The molecule has 1 atom stereocenters. The molecule has 0 saturated carbocycles. The molecule has 9 heteroatoms. The van der Waals surface area contributed by atoms with Crippen molar-refractivity contribution in [3.63, 3.8) is 0 Å². The lowest BCUT2D eigenvalue weighted by molar-refractivity contribution is -0.132. The van der Waals surface area contributed by atoms with Gasteiger partial charge in [0.1, 0.15) is 11.5 Å². The van der Waals surface area contributed by atoms with Gasteiger partial charge >= 0.3 is 5.91 Å². The number of aliphatic hydroxyl groups is 1. The number of ketones is 1. The number of rotatable bonds is 4. The van der Waals surface area contributed by atoms with Crippen molar-refractivity contribution in [2.24, 2.45) is 0 Å². The van der Waals surface area contributed by atoms with Crippen LogP contribution >= 0.6 is 22.9 Å². The third-order valence-electron chi connectivity index (χ3n) is 6.32. The Hall–Kier alpha value is -3.75. The van der Waals surface area contributed by atoms with E-state index in [1.165, 1.54) is 29.4 Å². The smallest absolute Gasteiger partial charge is 0.301 e. The minimum atomic E-state index is -0.919. The molecule has 188 valence electrons. The van der Waals surface area contributed by atoms with E-state index in [0.29, 0.717) is 16.4 Å². The van der Waals surface area contributed by atoms with Crippen molar-refractivity contribution in [1.82, 2.24) is 9.97 Å². The van der Waals surface area contributed by atoms with E-state index in [-0.39, 0.29) is 27.3 Å². The van der Waals surface area contributed by atoms with Crippen LogP contribution in [0.5, 0.6) is 5.75 Å². The molecule has 1 amide bonds. The molecule has 0 spiro atoms. The number of hydrogen-bond acceptors (Lipinski definition) is 7. The number of anilines is 1. The number of hydrogen-bond donors (Lipinski definition) is 1. The van der Waals surface area contributed by atoms with E-state index in [2.05, 4.69) is 31.8 Å². The van der Waals surface area contributed by atoms with Crippen molar-refractivity contribution < 1.29 is 19.4 Å². The normalized spacial score (nSPS) is 17.5. The van der Waals surface area contributed by atoms with Crippen LogP contribution in [-0.4, -0.2) is 33.9 Å². The number of amides is 1. The van der Waals surface area contributed by atoms with E-state index in [9.17, 15) is 14.7 Å². The van der Waals surface area contributed by atoms with Gasteiger partial charge in [-0.15, -0.1) is 0 Å². The topological polar surface area (TPSA) is 92.6 Å². The van der Waals surface area contributed by atoms with E-state index in [1.54, 1.807) is 36.7 Å². The van der Waals surface area contributed by atoms with Gasteiger partial charge in [-0.3, -0.25) is 19.5 Å². The van der Waals surface area contributed by atoms with Crippen LogP contribution < -0.4 is 9.64 Å². The standard InChI is InChI=1S/C28H24ClN3O4S/c1-28(2,3)17-8-9-19-21(13-17)37-27(31-19)32-23(16-6-5-11-30-14-16)22(25(34)26(32)35)24(33)15-7-10-20(36-4)18(29)12-15/h5-14,23,33H,1-4H3/b24-22+. The summed E-state index contributed by atoms with van der Waals surface area (Å²) >= 11 is 7.60. The van der Waals surface area contributed by atoms with E-state index in [0.717, 1.165) is 15.8 Å². The van der Waals surface area contributed by atoms with Crippen molar-refractivity contribution in [2.75, 3.05) is 12.0 Å². The summed E-state index contributed by atoms with van der Waals surface area (Å²) in [4.78, 5) is 37.0. The summed E-state index contributed by atoms with van der Waals surface area (Å²) in [7, 11) is 1.48. The number of thiazole rings is 1. The third kappa shape index (κ3) is 4.36. The van der Waals surface area contributed by atoms with E-state index in [4.69, 9.17) is 21.3 Å². The molecule has 1 aliphatic heterocycles. The van der Waals surface area contributed by atoms with Crippen LogP contribution in [0.1, 0.15) is 43.5 Å². The lowest BCUT2D eigenvalue weighted by Crippen LogP contribution is -2.29. The number of aliphatic hydroxyl groups excluding tert-OH is 1. The zero-order chi connectivity index (χ0) is 26.5. The van der Waals surface area contributed by atoms with Crippen molar-refractivity contribution in [3.8, 4) is 5.75 Å². The Morgan fingerprint density at radius 2 is 1.92 bits per heavy atom. The number of carbonyl (C=O) groups is 2. The van der Waals surface area contributed by atoms with Gasteiger partial charge in [-0.05, 0) is 52.9 Å². The van der Waals surface area contributed by atoms with E-state index in [1.807, 2.05) is 12.1 Å².